The van der Waals surface area contributed by atoms with E-state index in [9.17, 15) is 0 Å². The molecule has 5 N–H and O–H groups in total. The number of aromatic nitrogens is 8. The second kappa shape index (κ2) is 15.4. The summed E-state index contributed by atoms with van der Waals surface area (Å²) < 4.78 is 10.7. The monoisotopic (exact) mass is 670 g/mol. The van der Waals surface area contributed by atoms with Crippen molar-refractivity contribution in [2.24, 2.45) is 0 Å². The molecule has 0 atom stereocenters. The zero-order valence-electron chi connectivity index (χ0n) is 26.5. The number of ether oxygens (including phenoxy) is 2. The van der Waals surface area contributed by atoms with Gasteiger partial charge in [-0.2, -0.15) is 20.2 Å². The highest BCUT2D eigenvalue weighted by Gasteiger charge is 2.15. The molecule has 4 heterocycles. The van der Waals surface area contributed by atoms with E-state index >= 15 is 0 Å². The largest absolute Gasteiger partial charge is 0.496 e. The third-order valence-corrected chi connectivity index (χ3v) is 7.36. The Labute approximate surface area is 286 Å². The van der Waals surface area contributed by atoms with E-state index in [4.69, 9.17) is 26.8 Å². The van der Waals surface area contributed by atoms with Crippen LogP contribution in [0.15, 0.2) is 122 Å². The van der Waals surface area contributed by atoms with Crippen molar-refractivity contribution < 1.29 is 9.47 Å². The number of nitrogens with one attached hydrogen (secondary N) is 3. The van der Waals surface area contributed by atoms with E-state index in [0.29, 0.717) is 17.2 Å². The molecule has 0 fully saturated rings. The first-order chi connectivity index (χ1) is 24.0. The van der Waals surface area contributed by atoms with Crippen LogP contribution in [0, 0.1) is 0 Å². The Morgan fingerprint density at radius 2 is 1.10 bits per heavy atom. The van der Waals surface area contributed by atoms with Gasteiger partial charge in [0.25, 0.3) is 0 Å². The Hall–Kier alpha value is -6.53. The fourth-order valence-electron chi connectivity index (χ4n) is 4.86. The Morgan fingerprint density at radius 3 is 1.63 bits per heavy atom. The van der Waals surface area contributed by atoms with E-state index < -0.39 is 0 Å². The summed E-state index contributed by atoms with van der Waals surface area (Å²) in [5.74, 6) is 2.04. The lowest BCUT2D eigenvalue weighted by atomic mass is 10.1. The summed E-state index contributed by atoms with van der Waals surface area (Å²) in [7, 11) is 3.28. The number of halogens is 1. The Bertz CT molecular complexity index is 2280. The molecule has 0 radical (unpaired) electrons. The van der Waals surface area contributed by atoms with Crippen LogP contribution in [-0.4, -0.2) is 54.6 Å². The van der Waals surface area contributed by atoms with Crippen molar-refractivity contribution in [3.05, 3.63) is 127 Å². The first kappa shape index (κ1) is 32.4. The van der Waals surface area contributed by atoms with Gasteiger partial charge in [0.05, 0.1) is 36.4 Å². The standard InChI is InChI=1S/C18H15N5O.C12H9ClN4O.C6H7N/c1-24-15-10-6-5-9-13(15)16-14-11-19-18(21-17(14)23-22-16)20-12-7-3-2-4-8-12;1-18-9-5-3-2-4-7(9)10-8-6-14-12(13)15-11(8)17-16-10;7-6-4-2-1-3-5-6/h2-11H,1H3,(H2,19,20,21,22,23);2-6H,1H3,(H,14,15,16,17);1-5H,7H2. The minimum atomic E-state index is 0.181. The number of aromatic amines is 2. The van der Waals surface area contributed by atoms with Crippen molar-refractivity contribution in [3.8, 4) is 34.0 Å². The second-order valence-electron chi connectivity index (χ2n) is 10.3. The van der Waals surface area contributed by atoms with Gasteiger partial charge in [0.1, 0.15) is 11.5 Å². The third kappa shape index (κ3) is 7.72. The maximum absolute atomic E-state index is 5.73. The number of H-pyrrole nitrogens is 2. The average Bonchev–Trinajstić information content (AvgIpc) is 3.76. The average molecular weight is 671 g/mol. The predicted molar refractivity (Wildman–Crippen MR) is 193 cm³/mol. The van der Waals surface area contributed by atoms with E-state index in [1.807, 2.05) is 109 Å². The molecule has 0 aliphatic rings. The van der Waals surface area contributed by atoms with Crippen molar-refractivity contribution in [1.29, 1.82) is 0 Å². The summed E-state index contributed by atoms with van der Waals surface area (Å²) in [5, 5.41) is 19.4. The molecule has 8 rings (SSSR count). The van der Waals surface area contributed by atoms with Crippen LogP contribution in [-0.2, 0) is 0 Å². The van der Waals surface area contributed by atoms with E-state index in [2.05, 4.69) is 45.6 Å². The lowest BCUT2D eigenvalue weighted by Crippen LogP contribution is -1.96. The molecule has 0 amide bonds. The number of nitrogens with two attached hydrogens (primary N) is 1. The summed E-state index contributed by atoms with van der Waals surface area (Å²) in [6.45, 7) is 0. The van der Waals surface area contributed by atoms with Gasteiger partial charge < -0.3 is 20.5 Å². The zero-order chi connectivity index (χ0) is 34.0. The SMILES string of the molecule is COc1ccccc1-c1[nH]nc2nc(Cl)ncc12.COc1ccccc1-c1[nH]nc2nc(Nc3ccccc3)ncc12.Nc1ccccc1. The molecule has 0 spiro atoms. The van der Waals surface area contributed by atoms with Gasteiger partial charge >= 0.3 is 0 Å². The highest BCUT2D eigenvalue weighted by atomic mass is 35.5. The minimum Gasteiger partial charge on any atom is -0.496 e. The molecule has 244 valence electrons. The number of hydrogen-bond donors (Lipinski definition) is 4. The van der Waals surface area contributed by atoms with Crippen molar-refractivity contribution in [1.82, 2.24) is 40.3 Å². The number of methoxy groups -OCH3 is 2. The smallest absolute Gasteiger partial charge is 0.229 e. The number of benzene rings is 4. The Balaban J connectivity index is 0.000000146. The van der Waals surface area contributed by atoms with E-state index in [0.717, 1.165) is 56.2 Å². The highest BCUT2D eigenvalue weighted by molar-refractivity contribution is 6.28. The van der Waals surface area contributed by atoms with Crippen LogP contribution in [0.25, 0.3) is 44.6 Å². The van der Waals surface area contributed by atoms with Crippen LogP contribution in [0.3, 0.4) is 0 Å². The summed E-state index contributed by atoms with van der Waals surface area (Å²) in [4.78, 5) is 16.9. The van der Waals surface area contributed by atoms with Gasteiger partial charge in [0, 0.05) is 34.9 Å². The molecule has 8 aromatic rings. The molecular formula is C36H31ClN10O2. The fourth-order valence-corrected chi connectivity index (χ4v) is 4.99. The molecule has 0 aliphatic heterocycles. The normalized spacial score (nSPS) is 10.4. The van der Waals surface area contributed by atoms with E-state index in [-0.39, 0.29) is 5.28 Å². The van der Waals surface area contributed by atoms with Crippen molar-refractivity contribution in [2.75, 3.05) is 25.3 Å². The molecule has 12 nitrogen and oxygen atoms in total. The summed E-state index contributed by atoms with van der Waals surface area (Å²) >= 11 is 5.73. The van der Waals surface area contributed by atoms with Gasteiger partial charge in [-0.05, 0) is 60.1 Å². The molecule has 0 aliphatic carbocycles. The summed E-state index contributed by atoms with van der Waals surface area (Å²) in [5.41, 5.74) is 11.7. The maximum atomic E-state index is 5.73. The van der Waals surface area contributed by atoms with Crippen LogP contribution in [0.2, 0.25) is 5.28 Å². The first-order valence-corrected chi connectivity index (χ1v) is 15.4. The Morgan fingerprint density at radius 1 is 0.612 bits per heavy atom. The van der Waals surface area contributed by atoms with E-state index in [1.54, 1.807) is 26.6 Å². The molecule has 4 aromatic heterocycles. The highest BCUT2D eigenvalue weighted by Crippen LogP contribution is 2.33. The van der Waals surface area contributed by atoms with Crippen molar-refractivity contribution in [3.63, 3.8) is 0 Å². The molecule has 0 unspecified atom stereocenters. The van der Waals surface area contributed by atoms with Crippen LogP contribution < -0.4 is 20.5 Å². The zero-order valence-corrected chi connectivity index (χ0v) is 27.3. The van der Waals surface area contributed by atoms with Crippen molar-refractivity contribution >= 4 is 51.0 Å². The van der Waals surface area contributed by atoms with Gasteiger partial charge in [-0.25, -0.2) is 9.97 Å². The van der Waals surface area contributed by atoms with E-state index in [1.165, 1.54) is 0 Å². The molecule has 49 heavy (non-hydrogen) atoms. The minimum absolute atomic E-state index is 0.181. The molecular weight excluding hydrogens is 640 g/mol. The predicted octanol–water partition coefficient (Wildman–Crippen LogP) is 7.72. The van der Waals surface area contributed by atoms with Crippen LogP contribution >= 0.6 is 11.6 Å². The molecule has 4 aromatic carbocycles. The van der Waals surface area contributed by atoms with Crippen LogP contribution in [0.1, 0.15) is 0 Å². The fraction of sp³-hybridized carbons (Fsp3) is 0.0556. The number of para-hydroxylation sites is 4. The number of nitrogen functional groups attached to an aromatic ring is 1. The maximum Gasteiger partial charge on any atom is 0.229 e. The molecule has 0 saturated carbocycles. The Kier molecular flexibility index (Phi) is 10.2. The lowest BCUT2D eigenvalue weighted by Gasteiger charge is -2.06. The summed E-state index contributed by atoms with van der Waals surface area (Å²) in [6, 6.07) is 34.7. The number of nitrogens with zero attached hydrogens (tertiary/aromatic N) is 6. The van der Waals surface area contributed by atoms with Gasteiger partial charge in [-0.3, -0.25) is 10.2 Å². The van der Waals surface area contributed by atoms with Gasteiger partial charge in [-0.15, -0.1) is 0 Å². The van der Waals surface area contributed by atoms with Crippen LogP contribution in [0.4, 0.5) is 17.3 Å². The summed E-state index contributed by atoms with van der Waals surface area (Å²) in [6.07, 6.45) is 3.41. The number of rotatable bonds is 6. The van der Waals surface area contributed by atoms with Crippen LogP contribution in [0.5, 0.6) is 11.5 Å². The number of hydrogen-bond acceptors (Lipinski definition) is 10. The van der Waals surface area contributed by atoms with Gasteiger partial charge in [0.15, 0.2) is 11.3 Å². The molecule has 0 bridgehead atoms. The molecule has 13 heteroatoms. The quantitative estimate of drug-likeness (QED) is 0.102. The third-order valence-electron chi connectivity index (χ3n) is 7.18. The lowest BCUT2D eigenvalue weighted by molar-refractivity contribution is 0.416. The van der Waals surface area contributed by atoms with Gasteiger partial charge in [-0.1, -0.05) is 60.7 Å². The first-order valence-electron chi connectivity index (χ1n) is 15.0. The second-order valence-corrected chi connectivity index (χ2v) is 10.6. The topological polar surface area (TPSA) is 165 Å². The number of fused-ring (bicyclic) bond motifs is 2. The van der Waals surface area contributed by atoms with Gasteiger partial charge in [0.2, 0.25) is 11.2 Å². The molecule has 0 saturated heterocycles. The van der Waals surface area contributed by atoms with Crippen molar-refractivity contribution in [2.45, 2.75) is 0 Å². The number of anilines is 3.